The van der Waals surface area contributed by atoms with Crippen molar-refractivity contribution in [2.45, 2.75) is 32.9 Å². The molecule has 0 spiro atoms. The number of rotatable bonds is 3. The fourth-order valence-corrected chi connectivity index (χ4v) is 4.25. The maximum atomic E-state index is 12.8. The van der Waals surface area contributed by atoms with Crippen LogP contribution in [0.1, 0.15) is 41.7 Å². The molecule has 3 rings (SSSR count). The molecule has 2 aromatic rings. The van der Waals surface area contributed by atoms with E-state index in [1.165, 1.54) is 0 Å². The topological polar surface area (TPSA) is 63.3 Å². The second-order valence-electron chi connectivity index (χ2n) is 6.27. The van der Waals surface area contributed by atoms with E-state index in [0.29, 0.717) is 0 Å². The summed E-state index contributed by atoms with van der Waals surface area (Å²) in [5, 5.41) is 7.36. The van der Waals surface area contributed by atoms with E-state index in [9.17, 15) is 4.79 Å². The first-order chi connectivity index (χ1) is 11.5. The van der Waals surface area contributed by atoms with Gasteiger partial charge in [0.15, 0.2) is 0 Å². The molecular weight excluding hydrogens is 324 g/mol. The number of carbonyl (C=O) groups is 1. The number of urea groups is 1. The predicted octanol–water partition coefficient (Wildman–Crippen LogP) is 3.19. The van der Waals surface area contributed by atoms with E-state index in [1.54, 1.807) is 4.68 Å². The van der Waals surface area contributed by atoms with Gasteiger partial charge in [0, 0.05) is 42.4 Å². The maximum Gasteiger partial charge on any atom is 0.318 e. The Morgan fingerprint density at radius 1 is 1.50 bits per heavy atom. The first kappa shape index (κ1) is 17.0. The van der Waals surface area contributed by atoms with Crippen molar-refractivity contribution in [2.24, 2.45) is 7.05 Å². The molecule has 1 aliphatic heterocycles. The molecule has 130 valence electrons. The Labute approximate surface area is 146 Å². The predicted molar refractivity (Wildman–Crippen MR) is 95.1 cm³/mol. The Hall–Kier alpha value is -1.89. The number of aromatic nitrogens is 2. The number of nitrogens with zero attached hydrogens (tertiary/aromatic N) is 3. The lowest BCUT2D eigenvalue weighted by molar-refractivity contribution is 0.179. The third kappa shape index (κ3) is 3.45. The summed E-state index contributed by atoms with van der Waals surface area (Å²) in [6, 6.07) is 1.94. The molecule has 0 unspecified atom stereocenters. The van der Waals surface area contributed by atoms with Crippen LogP contribution in [0.15, 0.2) is 22.9 Å². The second-order valence-corrected chi connectivity index (χ2v) is 7.42. The zero-order valence-corrected chi connectivity index (χ0v) is 15.4. The maximum absolute atomic E-state index is 12.8. The molecule has 2 aromatic heterocycles. The van der Waals surface area contributed by atoms with Crippen molar-refractivity contribution in [1.29, 1.82) is 0 Å². The van der Waals surface area contributed by atoms with Crippen molar-refractivity contribution < 1.29 is 9.21 Å². The summed E-state index contributed by atoms with van der Waals surface area (Å²) >= 11 is 1.88. The third-order valence-electron chi connectivity index (χ3n) is 4.38. The van der Waals surface area contributed by atoms with E-state index >= 15 is 0 Å². The quantitative estimate of drug-likeness (QED) is 0.925. The summed E-state index contributed by atoms with van der Waals surface area (Å²) in [6.45, 7) is 6.59. The van der Waals surface area contributed by atoms with Crippen molar-refractivity contribution in [2.75, 3.05) is 18.1 Å². The third-order valence-corrected chi connectivity index (χ3v) is 5.41. The van der Waals surface area contributed by atoms with Gasteiger partial charge >= 0.3 is 6.03 Å². The van der Waals surface area contributed by atoms with Crippen LogP contribution in [-0.2, 0) is 7.05 Å². The summed E-state index contributed by atoms with van der Waals surface area (Å²) in [7, 11) is 1.90. The summed E-state index contributed by atoms with van der Waals surface area (Å²) in [5.74, 6) is 3.59. The normalized spacial score (nSPS) is 19.3. The van der Waals surface area contributed by atoms with E-state index in [-0.39, 0.29) is 18.1 Å². The van der Waals surface area contributed by atoms with E-state index in [0.717, 1.165) is 40.7 Å². The van der Waals surface area contributed by atoms with Gasteiger partial charge in [-0.05, 0) is 26.8 Å². The van der Waals surface area contributed by atoms with Gasteiger partial charge in [0.25, 0.3) is 0 Å². The molecule has 3 heterocycles. The van der Waals surface area contributed by atoms with E-state index in [1.807, 2.05) is 62.9 Å². The van der Waals surface area contributed by atoms with Crippen LogP contribution in [0.5, 0.6) is 0 Å². The Bertz CT molecular complexity index is 724. The van der Waals surface area contributed by atoms with Crippen molar-refractivity contribution in [3.63, 3.8) is 0 Å². The second kappa shape index (κ2) is 6.93. The first-order valence-corrected chi connectivity index (χ1v) is 9.31. The van der Waals surface area contributed by atoms with Gasteiger partial charge in [0.05, 0.1) is 18.3 Å². The highest BCUT2D eigenvalue weighted by atomic mass is 32.2. The molecule has 1 aliphatic rings. The van der Waals surface area contributed by atoms with Crippen molar-refractivity contribution in [3.8, 4) is 0 Å². The van der Waals surface area contributed by atoms with Gasteiger partial charge in [0.2, 0.25) is 0 Å². The summed E-state index contributed by atoms with van der Waals surface area (Å²) in [5.41, 5.74) is 2.12. The zero-order chi connectivity index (χ0) is 17.3. The monoisotopic (exact) mass is 348 g/mol. The highest BCUT2D eigenvalue weighted by molar-refractivity contribution is 7.99. The fraction of sp³-hybridized carbons (Fsp3) is 0.529. The number of furan rings is 1. The number of aryl methyl sites for hydroxylation is 3. The van der Waals surface area contributed by atoms with Crippen LogP contribution >= 0.6 is 11.8 Å². The summed E-state index contributed by atoms with van der Waals surface area (Å²) in [4.78, 5) is 14.8. The number of thioether (sulfide) groups is 1. The Balaban J connectivity index is 1.73. The smallest absolute Gasteiger partial charge is 0.318 e. The van der Waals surface area contributed by atoms with Crippen LogP contribution in [-0.4, -0.2) is 38.8 Å². The van der Waals surface area contributed by atoms with Crippen LogP contribution < -0.4 is 5.32 Å². The van der Waals surface area contributed by atoms with Crippen LogP contribution in [0, 0.1) is 13.8 Å². The highest BCUT2D eigenvalue weighted by Gasteiger charge is 2.30. The number of carbonyl (C=O) groups excluding carboxylic acids is 1. The number of hydrogen-bond acceptors (Lipinski definition) is 4. The first-order valence-electron chi connectivity index (χ1n) is 8.16. The van der Waals surface area contributed by atoms with Gasteiger partial charge in [-0.3, -0.25) is 4.68 Å². The fourth-order valence-electron chi connectivity index (χ4n) is 3.16. The van der Waals surface area contributed by atoms with Crippen LogP contribution in [0.4, 0.5) is 4.79 Å². The molecule has 0 bridgehead atoms. The molecular formula is C17H24N4O2S. The molecule has 24 heavy (non-hydrogen) atoms. The van der Waals surface area contributed by atoms with E-state index in [4.69, 9.17) is 4.42 Å². The van der Waals surface area contributed by atoms with E-state index in [2.05, 4.69) is 10.4 Å². The molecule has 0 radical (unpaired) electrons. The lowest BCUT2D eigenvalue weighted by Gasteiger charge is -2.35. The summed E-state index contributed by atoms with van der Waals surface area (Å²) in [6.07, 6.45) is 3.84. The van der Waals surface area contributed by atoms with Crippen molar-refractivity contribution in [1.82, 2.24) is 20.0 Å². The van der Waals surface area contributed by atoms with Gasteiger partial charge in [-0.15, -0.1) is 0 Å². The molecule has 6 nitrogen and oxygen atoms in total. The molecule has 1 saturated heterocycles. The molecule has 0 saturated carbocycles. The molecule has 2 atom stereocenters. The molecule has 1 N–H and O–H groups in total. The minimum absolute atomic E-state index is 0.0325. The van der Waals surface area contributed by atoms with E-state index < -0.39 is 0 Å². The Kier molecular flexibility index (Phi) is 4.89. The molecule has 1 fully saturated rings. The zero-order valence-electron chi connectivity index (χ0n) is 14.6. The van der Waals surface area contributed by atoms with Crippen LogP contribution in [0.2, 0.25) is 0 Å². The highest BCUT2D eigenvalue weighted by Crippen LogP contribution is 2.30. The Morgan fingerprint density at radius 3 is 2.92 bits per heavy atom. The Morgan fingerprint density at radius 2 is 2.29 bits per heavy atom. The minimum Gasteiger partial charge on any atom is -0.466 e. The molecule has 0 aromatic carbocycles. The molecule has 0 aliphatic carbocycles. The SMILES string of the molecule is Cc1cc([C@H](C)NC(=O)N2CCSC[C@@H]2c2cnn(C)c2)c(C)o1. The number of nitrogens with one attached hydrogen (secondary N) is 1. The van der Waals surface area contributed by atoms with Gasteiger partial charge in [-0.2, -0.15) is 16.9 Å². The lowest BCUT2D eigenvalue weighted by Crippen LogP contribution is -2.46. The largest absolute Gasteiger partial charge is 0.466 e. The van der Waals surface area contributed by atoms with Gasteiger partial charge in [-0.25, -0.2) is 4.79 Å². The van der Waals surface area contributed by atoms with Crippen LogP contribution in [0.25, 0.3) is 0 Å². The van der Waals surface area contributed by atoms with Crippen molar-refractivity contribution >= 4 is 17.8 Å². The van der Waals surface area contributed by atoms with Gasteiger partial charge in [0.1, 0.15) is 11.5 Å². The minimum atomic E-state index is -0.0842. The lowest BCUT2D eigenvalue weighted by atomic mass is 10.1. The van der Waals surface area contributed by atoms with Crippen LogP contribution in [0.3, 0.4) is 0 Å². The molecule has 7 heteroatoms. The number of hydrogen-bond donors (Lipinski definition) is 1. The van der Waals surface area contributed by atoms with Crippen molar-refractivity contribution in [3.05, 3.63) is 41.1 Å². The number of amides is 2. The molecule has 2 amide bonds. The van der Waals surface area contributed by atoms with Gasteiger partial charge in [-0.1, -0.05) is 0 Å². The standard InChI is InChI=1S/C17H24N4O2S/c1-11-7-15(13(3)23-11)12(2)19-17(22)21-5-6-24-10-16(21)14-8-18-20(4)9-14/h7-9,12,16H,5-6,10H2,1-4H3,(H,19,22)/t12-,16+/m0/s1. The van der Waals surface area contributed by atoms with Gasteiger partial charge < -0.3 is 14.6 Å². The average Bonchev–Trinajstić information content (AvgIpc) is 3.12. The average molecular weight is 348 g/mol. The summed E-state index contributed by atoms with van der Waals surface area (Å²) < 4.78 is 7.36.